The van der Waals surface area contributed by atoms with E-state index in [9.17, 15) is 4.79 Å². The molecule has 0 aliphatic carbocycles. The molecule has 7 heteroatoms. The third kappa shape index (κ3) is 5.51. The topological polar surface area (TPSA) is 51.2 Å². The Morgan fingerprint density at radius 3 is 2.58 bits per heavy atom. The molecule has 0 unspecified atom stereocenters. The Bertz CT molecular complexity index is 609. The highest BCUT2D eigenvalue weighted by Gasteiger charge is 2.22. The van der Waals surface area contributed by atoms with Crippen molar-refractivity contribution in [3.8, 4) is 11.5 Å². The first-order valence-electron chi connectivity index (χ1n) is 8.99. The highest BCUT2D eigenvalue weighted by molar-refractivity contribution is 9.10. The van der Waals surface area contributed by atoms with Crippen LogP contribution in [0.4, 0.5) is 4.79 Å². The molecule has 1 saturated heterocycles. The number of carbonyl (C=O) groups excluding carboxylic acids is 1. The standard InChI is InChI=1S/C19H29BrN2O4/c1-14(2)13-26-19(23)22-9-5-8-21(10-11-22)12-15-6-7-16(24-3)18(25-4)17(15)20/h6-7,14H,5,8-13H2,1-4H3. The molecule has 2 rings (SSSR count). The third-order valence-electron chi connectivity index (χ3n) is 4.35. The van der Waals surface area contributed by atoms with E-state index in [2.05, 4.69) is 20.8 Å². The molecular formula is C19H29BrN2O4. The summed E-state index contributed by atoms with van der Waals surface area (Å²) < 4.78 is 17.1. The third-order valence-corrected chi connectivity index (χ3v) is 5.22. The van der Waals surface area contributed by atoms with Crippen molar-refractivity contribution in [2.75, 3.05) is 47.0 Å². The number of carbonyl (C=O) groups is 1. The molecule has 6 nitrogen and oxygen atoms in total. The van der Waals surface area contributed by atoms with Crippen LogP contribution in [0.25, 0.3) is 0 Å². The average molecular weight is 429 g/mol. The van der Waals surface area contributed by atoms with Crippen molar-refractivity contribution >= 4 is 22.0 Å². The largest absolute Gasteiger partial charge is 0.493 e. The fourth-order valence-corrected chi connectivity index (χ4v) is 3.55. The summed E-state index contributed by atoms with van der Waals surface area (Å²) in [5.41, 5.74) is 1.14. The molecule has 1 aliphatic rings. The molecule has 0 N–H and O–H groups in total. The van der Waals surface area contributed by atoms with E-state index in [0.29, 0.717) is 30.6 Å². The number of methoxy groups -OCH3 is 2. The number of benzene rings is 1. The lowest BCUT2D eigenvalue weighted by molar-refractivity contribution is 0.0930. The molecule has 1 aliphatic heterocycles. The lowest BCUT2D eigenvalue weighted by Gasteiger charge is -2.23. The maximum absolute atomic E-state index is 12.2. The van der Waals surface area contributed by atoms with Gasteiger partial charge in [-0.2, -0.15) is 0 Å². The summed E-state index contributed by atoms with van der Waals surface area (Å²) in [6.07, 6.45) is 0.731. The van der Waals surface area contributed by atoms with Gasteiger partial charge in [0.1, 0.15) is 0 Å². The number of amides is 1. The zero-order valence-electron chi connectivity index (χ0n) is 16.1. The predicted octanol–water partition coefficient (Wildman–Crippen LogP) is 3.77. The van der Waals surface area contributed by atoms with Gasteiger partial charge in [0.15, 0.2) is 11.5 Å². The highest BCUT2D eigenvalue weighted by Crippen LogP contribution is 2.38. The molecular weight excluding hydrogens is 400 g/mol. The van der Waals surface area contributed by atoms with Crippen LogP contribution in [-0.4, -0.2) is 62.9 Å². The Morgan fingerprint density at radius 2 is 1.92 bits per heavy atom. The van der Waals surface area contributed by atoms with Crippen molar-refractivity contribution < 1.29 is 19.0 Å². The smallest absolute Gasteiger partial charge is 0.409 e. The summed E-state index contributed by atoms with van der Waals surface area (Å²) in [6.45, 7) is 8.51. The summed E-state index contributed by atoms with van der Waals surface area (Å²) in [6, 6.07) is 3.97. The van der Waals surface area contributed by atoms with Gasteiger partial charge in [0, 0.05) is 32.7 Å². The molecule has 0 spiro atoms. The van der Waals surface area contributed by atoms with E-state index in [0.717, 1.165) is 42.6 Å². The first-order chi connectivity index (χ1) is 12.5. The van der Waals surface area contributed by atoms with Gasteiger partial charge in [0.05, 0.1) is 25.3 Å². The molecule has 1 amide bonds. The van der Waals surface area contributed by atoms with Gasteiger partial charge in [-0.3, -0.25) is 4.90 Å². The Kier molecular flexibility index (Phi) is 8.03. The lowest BCUT2D eigenvalue weighted by Crippen LogP contribution is -2.36. The van der Waals surface area contributed by atoms with Crippen molar-refractivity contribution in [3.63, 3.8) is 0 Å². The molecule has 146 valence electrons. The molecule has 1 aromatic rings. The molecule has 0 aromatic heterocycles. The van der Waals surface area contributed by atoms with Gasteiger partial charge in [-0.25, -0.2) is 4.79 Å². The Labute approximate surface area is 164 Å². The van der Waals surface area contributed by atoms with Gasteiger partial charge >= 0.3 is 6.09 Å². The van der Waals surface area contributed by atoms with Gasteiger partial charge in [-0.15, -0.1) is 0 Å². The van der Waals surface area contributed by atoms with Crippen LogP contribution in [0.3, 0.4) is 0 Å². The van der Waals surface area contributed by atoms with E-state index in [1.165, 1.54) is 0 Å². The minimum atomic E-state index is -0.201. The van der Waals surface area contributed by atoms with Crippen molar-refractivity contribution in [2.45, 2.75) is 26.8 Å². The Morgan fingerprint density at radius 1 is 1.15 bits per heavy atom. The molecule has 1 fully saturated rings. The van der Waals surface area contributed by atoms with Crippen LogP contribution in [0.2, 0.25) is 0 Å². The number of hydrogen-bond donors (Lipinski definition) is 0. The van der Waals surface area contributed by atoms with E-state index in [4.69, 9.17) is 14.2 Å². The second-order valence-electron chi connectivity index (χ2n) is 6.86. The zero-order chi connectivity index (χ0) is 19.1. The summed E-state index contributed by atoms with van der Waals surface area (Å²) >= 11 is 3.63. The fraction of sp³-hybridized carbons (Fsp3) is 0.632. The first-order valence-corrected chi connectivity index (χ1v) is 9.79. The number of halogens is 1. The summed E-state index contributed by atoms with van der Waals surface area (Å²) in [5, 5.41) is 0. The van der Waals surface area contributed by atoms with Gasteiger partial charge in [0.25, 0.3) is 0 Å². The monoisotopic (exact) mass is 428 g/mol. The van der Waals surface area contributed by atoms with Crippen LogP contribution in [0, 0.1) is 5.92 Å². The van der Waals surface area contributed by atoms with Crippen LogP contribution in [0.1, 0.15) is 25.8 Å². The molecule has 26 heavy (non-hydrogen) atoms. The highest BCUT2D eigenvalue weighted by atomic mass is 79.9. The van der Waals surface area contributed by atoms with Gasteiger partial charge in [-0.05, 0) is 39.9 Å². The SMILES string of the molecule is COc1ccc(CN2CCCN(C(=O)OCC(C)C)CC2)c(Br)c1OC. The Hall–Kier alpha value is -1.47. The maximum Gasteiger partial charge on any atom is 0.409 e. The molecule has 1 heterocycles. The van der Waals surface area contributed by atoms with Crippen LogP contribution in [-0.2, 0) is 11.3 Å². The summed E-state index contributed by atoms with van der Waals surface area (Å²) in [5.74, 6) is 1.77. The van der Waals surface area contributed by atoms with E-state index >= 15 is 0 Å². The first kappa shape index (κ1) is 20.8. The average Bonchev–Trinajstić information content (AvgIpc) is 2.86. The number of nitrogens with zero attached hydrogens (tertiary/aromatic N) is 2. The molecule has 0 atom stereocenters. The Balaban J connectivity index is 1.97. The van der Waals surface area contributed by atoms with Crippen LogP contribution >= 0.6 is 15.9 Å². The van der Waals surface area contributed by atoms with E-state index in [-0.39, 0.29) is 6.09 Å². The minimum Gasteiger partial charge on any atom is -0.493 e. The van der Waals surface area contributed by atoms with Gasteiger partial charge in [0.2, 0.25) is 0 Å². The summed E-state index contributed by atoms with van der Waals surface area (Å²) in [7, 11) is 3.27. The predicted molar refractivity (Wildman–Crippen MR) is 105 cm³/mol. The minimum absolute atomic E-state index is 0.201. The van der Waals surface area contributed by atoms with Crippen LogP contribution in [0.15, 0.2) is 16.6 Å². The molecule has 0 saturated carbocycles. The van der Waals surface area contributed by atoms with Gasteiger partial charge < -0.3 is 19.1 Å². The van der Waals surface area contributed by atoms with E-state index < -0.39 is 0 Å². The molecule has 0 bridgehead atoms. The quantitative estimate of drug-likeness (QED) is 0.689. The lowest BCUT2D eigenvalue weighted by atomic mass is 10.2. The second kappa shape index (κ2) is 10.0. The van der Waals surface area contributed by atoms with Crippen LogP contribution in [0.5, 0.6) is 11.5 Å². The zero-order valence-corrected chi connectivity index (χ0v) is 17.7. The number of hydrogen-bond acceptors (Lipinski definition) is 5. The molecule has 1 aromatic carbocycles. The van der Waals surface area contributed by atoms with Gasteiger partial charge in [-0.1, -0.05) is 19.9 Å². The second-order valence-corrected chi connectivity index (χ2v) is 7.65. The van der Waals surface area contributed by atoms with Crippen molar-refractivity contribution in [2.24, 2.45) is 5.92 Å². The van der Waals surface area contributed by atoms with Crippen molar-refractivity contribution in [3.05, 3.63) is 22.2 Å². The van der Waals surface area contributed by atoms with Crippen LogP contribution < -0.4 is 9.47 Å². The summed E-state index contributed by atoms with van der Waals surface area (Å²) in [4.78, 5) is 16.3. The number of rotatable bonds is 6. The van der Waals surface area contributed by atoms with Crippen molar-refractivity contribution in [1.29, 1.82) is 0 Å². The number of ether oxygens (including phenoxy) is 3. The van der Waals surface area contributed by atoms with E-state index in [1.54, 1.807) is 14.2 Å². The fourth-order valence-electron chi connectivity index (χ4n) is 2.93. The van der Waals surface area contributed by atoms with E-state index in [1.807, 2.05) is 30.9 Å². The molecule has 0 radical (unpaired) electrons. The van der Waals surface area contributed by atoms with Crippen molar-refractivity contribution in [1.82, 2.24) is 9.80 Å². The maximum atomic E-state index is 12.2. The normalized spacial score (nSPS) is 15.7.